The van der Waals surface area contributed by atoms with Crippen LogP contribution < -0.4 is 10.6 Å². The van der Waals surface area contributed by atoms with Crippen molar-refractivity contribution in [2.75, 3.05) is 59.4 Å². The maximum Gasteiger partial charge on any atom is 0.239 e. The summed E-state index contributed by atoms with van der Waals surface area (Å²) in [4.78, 5) is 35.6. The molecular weight excluding hydrogens is 519 g/mol. The Kier molecular flexibility index (Phi) is 11.2. The van der Waals surface area contributed by atoms with E-state index in [9.17, 15) is 9.59 Å². The number of amides is 2. The highest BCUT2D eigenvalue weighted by molar-refractivity contribution is 14.0. The average Bonchev–Trinajstić information content (AvgIpc) is 3.35. The number of piperazine rings is 1. The van der Waals surface area contributed by atoms with Crippen LogP contribution in [0, 0.1) is 0 Å². The highest BCUT2D eigenvalue weighted by atomic mass is 127. The first-order valence-electron chi connectivity index (χ1n) is 11.4. The van der Waals surface area contributed by atoms with E-state index < -0.39 is 0 Å². The van der Waals surface area contributed by atoms with Crippen molar-refractivity contribution in [2.45, 2.75) is 32.2 Å². The molecule has 1 unspecified atom stereocenters. The van der Waals surface area contributed by atoms with E-state index in [1.54, 1.807) is 7.05 Å². The van der Waals surface area contributed by atoms with Crippen molar-refractivity contribution < 1.29 is 9.59 Å². The maximum atomic E-state index is 12.7. The SMILES string of the molecule is CN=C(NCC(=O)NCCc1ccccc1)N1CCN(C(C)C(=O)N2CCCC2)CC1.I. The van der Waals surface area contributed by atoms with Crippen molar-refractivity contribution in [3.8, 4) is 0 Å². The van der Waals surface area contributed by atoms with Crippen LogP contribution in [0.2, 0.25) is 0 Å². The molecule has 2 N–H and O–H groups in total. The predicted octanol–water partition coefficient (Wildman–Crippen LogP) is 1.17. The highest BCUT2D eigenvalue weighted by Crippen LogP contribution is 2.14. The molecule has 0 bridgehead atoms. The van der Waals surface area contributed by atoms with E-state index in [0.717, 1.165) is 64.5 Å². The van der Waals surface area contributed by atoms with Gasteiger partial charge in [-0.25, -0.2) is 0 Å². The van der Waals surface area contributed by atoms with Gasteiger partial charge in [0.1, 0.15) is 0 Å². The third-order valence-electron chi connectivity index (χ3n) is 6.13. The van der Waals surface area contributed by atoms with Crippen molar-refractivity contribution in [2.24, 2.45) is 4.99 Å². The molecule has 1 atom stereocenters. The van der Waals surface area contributed by atoms with Gasteiger partial charge in [0.05, 0.1) is 12.6 Å². The van der Waals surface area contributed by atoms with E-state index in [1.165, 1.54) is 5.56 Å². The van der Waals surface area contributed by atoms with Gasteiger partial charge < -0.3 is 20.4 Å². The molecule has 0 aromatic heterocycles. The van der Waals surface area contributed by atoms with Crippen LogP contribution in [0.15, 0.2) is 35.3 Å². The Labute approximate surface area is 208 Å². The van der Waals surface area contributed by atoms with Crippen LogP contribution in [-0.4, -0.2) is 97.9 Å². The minimum atomic E-state index is -0.0781. The monoisotopic (exact) mass is 556 g/mol. The van der Waals surface area contributed by atoms with E-state index in [0.29, 0.717) is 6.54 Å². The van der Waals surface area contributed by atoms with Crippen molar-refractivity contribution in [3.63, 3.8) is 0 Å². The molecule has 0 spiro atoms. The topological polar surface area (TPSA) is 80.3 Å². The maximum absolute atomic E-state index is 12.7. The smallest absolute Gasteiger partial charge is 0.239 e. The number of benzene rings is 1. The molecule has 3 rings (SSSR count). The number of halogens is 1. The zero-order valence-electron chi connectivity index (χ0n) is 19.3. The molecule has 2 aliphatic rings. The Morgan fingerprint density at radius 3 is 2.25 bits per heavy atom. The van der Waals surface area contributed by atoms with Gasteiger partial charge in [-0.1, -0.05) is 30.3 Å². The molecule has 0 saturated carbocycles. The fourth-order valence-corrected chi connectivity index (χ4v) is 4.22. The molecule has 32 heavy (non-hydrogen) atoms. The molecule has 2 saturated heterocycles. The van der Waals surface area contributed by atoms with Gasteiger partial charge >= 0.3 is 0 Å². The first kappa shape index (κ1) is 26.4. The number of likely N-dealkylation sites (tertiary alicyclic amines) is 1. The van der Waals surface area contributed by atoms with Crippen LogP contribution in [0.3, 0.4) is 0 Å². The predicted molar refractivity (Wildman–Crippen MR) is 138 cm³/mol. The number of hydrogen-bond acceptors (Lipinski definition) is 4. The lowest BCUT2D eigenvalue weighted by Gasteiger charge is -2.39. The molecule has 178 valence electrons. The summed E-state index contributed by atoms with van der Waals surface area (Å²) in [6.07, 6.45) is 3.06. The summed E-state index contributed by atoms with van der Waals surface area (Å²) in [5.74, 6) is 0.942. The van der Waals surface area contributed by atoms with Crippen LogP contribution in [0.4, 0.5) is 0 Å². The Morgan fingerprint density at radius 1 is 0.969 bits per heavy atom. The number of nitrogens with one attached hydrogen (secondary N) is 2. The minimum Gasteiger partial charge on any atom is -0.354 e. The molecule has 8 nitrogen and oxygen atoms in total. The third-order valence-corrected chi connectivity index (χ3v) is 6.13. The van der Waals surface area contributed by atoms with Crippen molar-refractivity contribution in [3.05, 3.63) is 35.9 Å². The van der Waals surface area contributed by atoms with Crippen LogP contribution in [0.1, 0.15) is 25.3 Å². The van der Waals surface area contributed by atoms with Crippen LogP contribution in [0.25, 0.3) is 0 Å². The van der Waals surface area contributed by atoms with Gasteiger partial charge in [-0.05, 0) is 31.7 Å². The van der Waals surface area contributed by atoms with Gasteiger partial charge in [-0.15, -0.1) is 24.0 Å². The summed E-state index contributed by atoms with van der Waals surface area (Å²) in [6.45, 7) is 7.81. The van der Waals surface area contributed by atoms with E-state index in [1.807, 2.05) is 30.0 Å². The van der Waals surface area contributed by atoms with E-state index in [-0.39, 0.29) is 48.4 Å². The number of carbonyl (C=O) groups is 2. The summed E-state index contributed by atoms with van der Waals surface area (Å²) in [6, 6.07) is 10.0. The fourth-order valence-electron chi connectivity index (χ4n) is 4.22. The Bertz CT molecular complexity index is 746. The average molecular weight is 556 g/mol. The number of aliphatic imine (C=N–C) groups is 1. The Morgan fingerprint density at radius 2 is 1.62 bits per heavy atom. The summed E-state index contributed by atoms with van der Waals surface area (Å²) in [7, 11) is 1.74. The number of hydrogen-bond donors (Lipinski definition) is 2. The first-order chi connectivity index (χ1) is 15.1. The fraction of sp³-hybridized carbons (Fsp3) is 0.609. The van der Waals surface area contributed by atoms with Crippen molar-refractivity contribution in [1.29, 1.82) is 0 Å². The molecule has 9 heteroatoms. The normalized spacial score (nSPS) is 18.1. The molecule has 1 aromatic rings. The number of guanidine groups is 1. The highest BCUT2D eigenvalue weighted by Gasteiger charge is 2.30. The number of nitrogens with zero attached hydrogens (tertiary/aromatic N) is 4. The third kappa shape index (κ3) is 7.61. The largest absolute Gasteiger partial charge is 0.354 e. The number of rotatable bonds is 7. The molecule has 2 heterocycles. The van der Waals surface area contributed by atoms with Crippen molar-refractivity contribution in [1.82, 2.24) is 25.3 Å². The zero-order valence-corrected chi connectivity index (χ0v) is 21.6. The van der Waals surface area contributed by atoms with Gasteiger partial charge in [0.2, 0.25) is 11.8 Å². The second-order valence-electron chi connectivity index (χ2n) is 8.22. The van der Waals surface area contributed by atoms with Gasteiger partial charge in [0, 0.05) is 52.9 Å². The Balaban J connectivity index is 0.00000363. The summed E-state index contributed by atoms with van der Waals surface area (Å²) < 4.78 is 0. The quantitative estimate of drug-likeness (QED) is 0.300. The lowest BCUT2D eigenvalue weighted by atomic mass is 10.1. The van der Waals surface area contributed by atoms with Crippen molar-refractivity contribution >= 4 is 41.8 Å². The van der Waals surface area contributed by atoms with Gasteiger partial charge in [-0.2, -0.15) is 0 Å². The van der Waals surface area contributed by atoms with Gasteiger partial charge in [0.25, 0.3) is 0 Å². The molecule has 1 aromatic carbocycles. The molecule has 2 aliphatic heterocycles. The second-order valence-corrected chi connectivity index (χ2v) is 8.22. The lowest BCUT2D eigenvalue weighted by molar-refractivity contribution is -0.135. The van der Waals surface area contributed by atoms with E-state index in [2.05, 4.69) is 37.6 Å². The molecule has 0 aliphatic carbocycles. The van der Waals surface area contributed by atoms with Crippen LogP contribution in [-0.2, 0) is 16.0 Å². The van der Waals surface area contributed by atoms with Crippen LogP contribution >= 0.6 is 24.0 Å². The lowest BCUT2D eigenvalue weighted by Crippen LogP contribution is -2.57. The van der Waals surface area contributed by atoms with Gasteiger partial charge in [0.15, 0.2) is 5.96 Å². The number of carbonyl (C=O) groups excluding carboxylic acids is 2. The zero-order chi connectivity index (χ0) is 22.1. The Hall–Kier alpha value is -1.88. The summed E-state index contributed by atoms with van der Waals surface area (Å²) >= 11 is 0. The minimum absolute atomic E-state index is 0. The molecular formula is C23H37IN6O2. The van der Waals surface area contributed by atoms with E-state index in [4.69, 9.17) is 0 Å². The van der Waals surface area contributed by atoms with Gasteiger partial charge in [-0.3, -0.25) is 19.5 Å². The molecule has 2 amide bonds. The van der Waals surface area contributed by atoms with E-state index >= 15 is 0 Å². The molecule has 0 radical (unpaired) electrons. The summed E-state index contributed by atoms with van der Waals surface area (Å²) in [5.41, 5.74) is 1.21. The standard InChI is InChI=1S/C23H36N6O2.HI/c1-19(22(31)28-12-6-7-13-28)27-14-16-29(17-15-27)23(24-2)26-18-21(30)25-11-10-20-8-4-3-5-9-20;/h3-5,8-9,19H,6-7,10-18H2,1-2H3,(H,24,26)(H,25,30);1H. The second kappa shape index (κ2) is 13.6. The molecule has 2 fully saturated rings. The first-order valence-corrected chi connectivity index (χ1v) is 11.4. The van der Waals surface area contributed by atoms with Crippen LogP contribution in [0.5, 0.6) is 0 Å². The summed E-state index contributed by atoms with van der Waals surface area (Å²) in [5, 5.41) is 6.12.